The molecule has 1 aliphatic carbocycles. The summed E-state index contributed by atoms with van der Waals surface area (Å²) in [6, 6.07) is 0. The summed E-state index contributed by atoms with van der Waals surface area (Å²) in [5, 5.41) is 10.1. The highest BCUT2D eigenvalue weighted by Gasteiger charge is 2.33. The molecule has 13 heavy (non-hydrogen) atoms. The van der Waals surface area contributed by atoms with Crippen LogP contribution < -0.4 is 0 Å². The number of aliphatic hydroxyl groups is 1. The fraction of sp³-hybridized carbons (Fsp3) is 0.833. The number of hydrogen-bond acceptors (Lipinski definition) is 1. The van der Waals surface area contributed by atoms with E-state index in [1.807, 2.05) is 6.92 Å². The lowest BCUT2D eigenvalue weighted by Crippen LogP contribution is -2.37. The fourth-order valence-corrected chi connectivity index (χ4v) is 2.26. The molecule has 0 spiro atoms. The van der Waals surface area contributed by atoms with E-state index in [-0.39, 0.29) is 0 Å². The second-order valence-electron chi connectivity index (χ2n) is 4.80. The van der Waals surface area contributed by atoms with Gasteiger partial charge in [0, 0.05) is 0 Å². The molecule has 0 bridgehead atoms. The maximum Gasteiger partial charge on any atom is 0.0647 e. The standard InChI is InChI=1S/C12H22O/c1-10(2)7-8-11-6-4-5-9-12(11,3)13/h11,13H,1,4-9H2,2-3H3/t11-,12+/m0/s1. The van der Waals surface area contributed by atoms with Crippen molar-refractivity contribution in [3.05, 3.63) is 12.2 Å². The Morgan fingerprint density at radius 3 is 2.77 bits per heavy atom. The Bertz CT molecular complexity index is 182. The average molecular weight is 182 g/mol. The summed E-state index contributed by atoms with van der Waals surface area (Å²) in [7, 11) is 0. The van der Waals surface area contributed by atoms with Crippen LogP contribution in [-0.4, -0.2) is 10.7 Å². The number of hydrogen-bond donors (Lipinski definition) is 1. The summed E-state index contributed by atoms with van der Waals surface area (Å²) in [5.41, 5.74) is 0.828. The van der Waals surface area contributed by atoms with Crippen LogP contribution in [0.1, 0.15) is 52.4 Å². The average Bonchev–Trinajstić information content (AvgIpc) is 2.01. The van der Waals surface area contributed by atoms with Gasteiger partial charge in [-0.1, -0.05) is 18.4 Å². The Morgan fingerprint density at radius 2 is 2.23 bits per heavy atom. The van der Waals surface area contributed by atoms with E-state index in [1.165, 1.54) is 24.8 Å². The van der Waals surface area contributed by atoms with Crippen LogP contribution in [0.5, 0.6) is 0 Å². The van der Waals surface area contributed by atoms with Crippen LogP contribution in [0.4, 0.5) is 0 Å². The zero-order chi connectivity index (χ0) is 9.90. The highest BCUT2D eigenvalue weighted by Crippen LogP contribution is 2.36. The molecule has 0 amide bonds. The quantitative estimate of drug-likeness (QED) is 0.664. The van der Waals surface area contributed by atoms with Crippen molar-refractivity contribution in [2.45, 2.75) is 58.0 Å². The maximum atomic E-state index is 10.1. The molecular weight excluding hydrogens is 160 g/mol. The van der Waals surface area contributed by atoms with Gasteiger partial charge in [-0.3, -0.25) is 0 Å². The van der Waals surface area contributed by atoms with Gasteiger partial charge in [0.25, 0.3) is 0 Å². The van der Waals surface area contributed by atoms with E-state index < -0.39 is 5.60 Å². The van der Waals surface area contributed by atoms with E-state index in [4.69, 9.17) is 0 Å². The minimum Gasteiger partial charge on any atom is -0.390 e. The smallest absolute Gasteiger partial charge is 0.0647 e. The van der Waals surface area contributed by atoms with Crippen molar-refractivity contribution in [2.75, 3.05) is 0 Å². The molecule has 0 aromatic rings. The zero-order valence-electron chi connectivity index (χ0n) is 8.97. The van der Waals surface area contributed by atoms with Gasteiger partial charge in [-0.05, 0) is 45.4 Å². The minimum atomic E-state index is -0.409. The van der Waals surface area contributed by atoms with Crippen LogP contribution in [0.3, 0.4) is 0 Å². The Morgan fingerprint density at radius 1 is 1.54 bits per heavy atom. The third-order valence-corrected chi connectivity index (χ3v) is 3.28. The molecule has 0 unspecified atom stereocenters. The lowest BCUT2D eigenvalue weighted by molar-refractivity contribution is -0.0346. The van der Waals surface area contributed by atoms with Crippen molar-refractivity contribution in [2.24, 2.45) is 5.92 Å². The van der Waals surface area contributed by atoms with Crippen LogP contribution in [0.15, 0.2) is 12.2 Å². The van der Waals surface area contributed by atoms with Crippen LogP contribution >= 0.6 is 0 Å². The Hall–Kier alpha value is -0.300. The molecule has 76 valence electrons. The van der Waals surface area contributed by atoms with Gasteiger partial charge in [-0.25, -0.2) is 0 Å². The van der Waals surface area contributed by atoms with E-state index in [2.05, 4.69) is 13.5 Å². The molecule has 1 rings (SSSR count). The normalized spacial score (nSPS) is 34.5. The molecule has 0 aliphatic heterocycles. The van der Waals surface area contributed by atoms with E-state index in [9.17, 15) is 5.11 Å². The Labute approximate surface area is 81.9 Å². The highest BCUT2D eigenvalue weighted by atomic mass is 16.3. The third kappa shape index (κ3) is 3.15. The van der Waals surface area contributed by atoms with Crippen LogP contribution in [0, 0.1) is 5.92 Å². The van der Waals surface area contributed by atoms with Gasteiger partial charge < -0.3 is 5.11 Å². The summed E-state index contributed by atoms with van der Waals surface area (Å²) in [4.78, 5) is 0. The van der Waals surface area contributed by atoms with Gasteiger partial charge in [0.1, 0.15) is 0 Å². The summed E-state index contributed by atoms with van der Waals surface area (Å²) in [6.45, 7) is 7.97. The van der Waals surface area contributed by atoms with Crippen LogP contribution in [0.2, 0.25) is 0 Å². The first kappa shape index (κ1) is 10.8. The lowest BCUT2D eigenvalue weighted by atomic mass is 9.74. The molecule has 1 N–H and O–H groups in total. The molecule has 1 nitrogen and oxygen atoms in total. The summed E-state index contributed by atoms with van der Waals surface area (Å²) >= 11 is 0. The zero-order valence-corrected chi connectivity index (χ0v) is 8.97. The molecule has 0 heterocycles. The first-order valence-corrected chi connectivity index (χ1v) is 5.39. The minimum absolute atomic E-state index is 0.409. The fourth-order valence-electron chi connectivity index (χ4n) is 2.26. The van der Waals surface area contributed by atoms with Crippen molar-refractivity contribution in [3.63, 3.8) is 0 Å². The van der Waals surface area contributed by atoms with Gasteiger partial charge in [0.15, 0.2) is 0 Å². The summed E-state index contributed by atoms with van der Waals surface area (Å²) in [5.74, 6) is 0.498. The number of allylic oxidation sites excluding steroid dienone is 1. The van der Waals surface area contributed by atoms with Gasteiger partial charge in [-0.2, -0.15) is 0 Å². The van der Waals surface area contributed by atoms with Gasteiger partial charge in [-0.15, -0.1) is 6.58 Å². The highest BCUT2D eigenvalue weighted by molar-refractivity contribution is 4.92. The van der Waals surface area contributed by atoms with Crippen molar-refractivity contribution in [1.82, 2.24) is 0 Å². The second kappa shape index (κ2) is 4.28. The van der Waals surface area contributed by atoms with Gasteiger partial charge in [0.05, 0.1) is 5.60 Å². The predicted octanol–water partition coefficient (Wildman–Crippen LogP) is 3.28. The van der Waals surface area contributed by atoms with E-state index >= 15 is 0 Å². The van der Waals surface area contributed by atoms with Crippen LogP contribution in [0.25, 0.3) is 0 Å². The molecule has 0 aromatic heterocycles. The SMILES string of the molecule is C=C(C)CC[C@@H]1CCCC[C@@]1(C)O. The molecule has 1 aliphatic rings. The first-order chi connectivity index (χ1) is 6.02. The molecule has 0 aromatic carbocycles. The Balaban J connectivity index is 2.41. The van der Waals surface area contributed by atoms with E-state index in [0.717, 1.165) is 19.3 Å². The molecule has 1 fully saturated rings. The second-order valence-corrected chi connectivity index (χ2v) is 4.80. The molecule has 0 radical (unpaired) electrons. The third-order valence-electron chi connectivity index (χ3n) is 3.28. The molecule has 0 saturated heterocycles. The Kier molecular flexibility index (Phi) is 3.55. The van der Waals surface area contributed by atoms with E-state index in [1.54, 1.807) is 0 Å². The summed E-state index contributed by atoms with van der Waals surface area (Å²) in [6.07, 6.45) is 6.84. The van der Waals surface area contributed by atoms with Crippen molar-refractivity contribution < 1.29 is 5.11 Å². The van der Waals surface area contributed by atoms with Gasteiger partial charge in [0.2, 0.25) is 0 Å². The van der Waals surface area contributed by atoms with Crippen LogP contribution in [-0.2, 0) is 0 Å². The monoisotopic (exact) mass is 182 g/mol. The molecule has 1 heteroatoms. The first-order valence-electron chi connectivity index (χ1n) is 5.39. The molecule has 1 saturated carbocycles. The van der Waals surface area contributed by atoms with Crippen molar-refractivity contribution in [1.29, 1.82) is 0 Å². The summed E-state index contributed by atoms with van der Waals surface area (Å²) < 4.78 is 0. The largest absolute Gasteiger partial charge is 0.390 e. The molecular formula is C12H22O. The van der Waals surface area contributed by atoms with Crippen molar-refractivity contribution >= 4 is 0 Å². The lowest BCUT2D eigenvalue weighted by Gasteiger charge is -2.37. The predicted molar refractivity (Wildman–Crippen MR) is 56.6 cm³/mol. The van der Waals surface area contributed by atoms with E-state index in [0.29, 0.717) is 5.92 Å². The number of rotatable bonds is 3. The molecule has 2 atom stereocenters. The maximum absolute atomic E-state index is 10.1. The topological polar surface area (TPSA) is 20.2 Å². The van der Waals surface area contributed by atoms with Crippen molar-refractivity contribution in [3.8, 4) is 0 Å². The van der Waals surface area contributed by atoms with Gasteiger partial charge >= 0.3 is 0 Å².